The van der Waals surface area contributed by atoms with E-state index in [9.17, 15) is 24.5 Å². The molecule has 0 saturated heterocycles. The predicted molar refractivity (Wildman–Crippen MR) is 135 cm³/mol. The normalized spacial score (nSPS) is 10.8. The summed E-state index contributed by atoms with van der Waals surface area (Å²) in [5, 5.41) is 15.1. The summed E-state index contributed by atoms with van der Waals surface area (Å²) in [5.74, 6) is -2.14. The highest BCUT2D eigenvalue weighted by Gasteiger charge is 2.34. The average molecular weight is 521 g/mol. The molecule has 11 nitrogen and oxygen atoms in total. The number of ether oxygens (including phenoxy) is 2. The van der Waals surface area contributed by atoms with Crippen LogP contribution >= 0.6 is 11.6 Å². The molecule has 1 amide bonds. The maximum atomic E-state index is 12.8. The second-order valence-electron chi connectivity index (χ2n) is 7.70. The van der Waals surface area contributed by atoms with Crippen LogP contribution in [0.2, 0.25) is 5.02 Å². The van der Waals surface area contributed by atoms with Crippen molar-refractivity contribution in [1.82, 2.24) is 4.90 Å². The molecule has 2 aromatic rings. The highest BCUT2D eigenvalue weighted by atomic mass is 35.5. The van der Waals surface area contributed by atoms with Crippen LogP contribution in [0.4, 0.5) is 17.1 Å². The van der Waals surface area contributed by atoms with E-state index < -0.39 is 28.8 Å². The lowest BCUT2D eigenvalue weighted by Gasteiger charge is -2.27. The second kappa shape index (κ2) is 13.4. The number of anilines is 2. The molecule has 0 atom stereocenters. The standard InChI is InChI=1S/C24H29ClN4O7/c1-5-35-23(31)21(24(32)36-6-2)28(4)15-14-27(3)19-9-7-8-18(20(19)29(33)34)22(30)26-17-12-10-16(25)11-13-17/h7-13,21H,5-6,14-15H2,1-4H3,(H,26,30). The van der Waals surface area contributed by atoms with Gasteiger partial charge in [0, 0.05) is 30.8 Å². The molecule has 0 heterocycles. The Morgan fingerprint density at radius 2 is 1.58 bits per heavy atom. The lowest BCUT2D eigenvalue weighted by atomic mass is 10.1. The van der Waals surface area contributed by atoms with E-state index in [0.717, 1.165) is 0 Å². The Bertz CT molecular complexity index is 1080. The number of para-hydroxylation sites is 1. The average Bonchev–Trinajstić information content (AvgIpc) is 2.83. The first kappa shape index (κ1) is 28.5. The van der Waals surface area contributed by atoms with Crippen molar-refractivity contribution in [2.75, 3.05) is 50.6 Å². The molecule has 0 aliphatic carbocycles. The number of likely N-dealkylation sites (N-methyl/N-ethyl adjacent to an activating group) is 2. The Kier molecular flexibility index (Phi) is 10.6. The highest BCUT2D eigenvalue weighted by molar-refractivity contribution is 6.30. The van der Waals surface area contributed by atoms with Gasteiger partial charge in [0.25, 0.3) is 5.91 Å². The molecular formula is C24H29ClN4O7. The molecule has 36 heavy (non-hydrogen) atoms. The summed E-state index contributed by atoms with van der Waals surface area (Å²) in [7, 11) is 3.16. The minimum atomic E-state index is -1.27. The fourth-order valence-electron chi connectivity index (χ4n) is 3.40. The highest BCUT2D eigenvalue weighted by Crippen LogP contribution is 2.32. The smallest absolute Gasteiger partial charge is 0.335 e. The number of nitrogens with zero attached hydrogens (tertiary/aromatic N) is 3. The summed E-state index contributed by atoms with van der Waals surface area (Å²) in [6.07, 6.45) is 0. The van der Waals surface area contributed by atoms with Crippen molar-refractivity contribution in [3.63, 3.8) is 0 Å². The van der Waals surface area contributed by atoms with Crippen molar-refractivity contribution in [3.05, 3.63) is 63.2 Å². The predicted octanol–water partition coefficient (Wildman–Crippen LogP) is 3.36. The molecule has 0 saturated carbocycles. The van der Waals surface area contributed by atoms with E-state index in [1.165, 1.54) is 17.0 Å². The molecular weight excluding hydrogens is 492 g/mol. The molecule has 0 radical (unpaired) electrons. The summed E-state index contributed by atoms with van der Waals surface area (Å²) in [6.45, 7) is 3.80. The van der Waals surface area contributed by atoms with Crippen LogP contribution in [0.3, 0.4) is 0 Å². The van der Waals surface area contributed by atoms with Crippen LogP contribution in [-0.2, 0) is 19.1 Å². The Morgan fingerprint density at radius 1 is 1.00 bits per heavy atom. The van der Waals surface area contributed by atoms with Crippen LogP contribution in [0.5, 0.6) is 0 Å². The van der Waals surface area contributed by atoms with Gasteiger partial charge in [0.1, 0.15) is 11.3 Å². The molecule has 194 valence electrons. The number of hydrogen-bond acceptors (Lipinski definition) is 9. The van der Waals surface area contributed by atoms with Crippen LogP contribution in [0.15, 0.2) is 42.5 Å². The second-order valence-corrected chi connectivity index (χ2v) is 8.14. The number of nitro groups is 1. The number of nitrogens with one attached hydrogen (secondary N) is 1. The third-order valence-electron chi connectivity index (χ3n) is 5.20. The quantitative estimate of drug-likeness (QED) is 0.193. The lowest BCUT2D eigenvalue weighted by molar-refractivity contribution is -0.384. The van der Waals surface area contributed by atoms with Crippen molar-refractivity contribution in [2.24, 2.45) is 0 Å². The van der Waals surface area contributed by atoms with E-state index >= 15 is 0 Å². The van der Waals surface area contributed by atoms with Crippen molar-refractivity contribution in [2.45, 2.75) is 19.9 Å². The van der Waals surface area contributed by atoms with Crippen LogP contribution in [-0.4, -0.2) is 74.1 Å². The van der Waals surface area contributed by atoms with Crippen LogP contribution in [0, 0.1) is 10.1 Å². The molecule has 0 spiro atoms. The fourth-order valence-corrected chi connectivity index (χ4v) is 3.53. The van der Waals surface area contributed by atoms with E-state index in [4.69, 9.17) is 21.1 Å². The van der Waals surface area contributed by atoms with Crippen molar-refractivity contribution in [3.8, 4) is 0 Å². The molecule has 0 aliphatic rings. The van der Waals surface area contributed by atoms with Gasteiger partial charge in [-0.1, -0.05) is 17.7 Å². The van der Waals surface area contributed by atoms with Gasteiger partial charge in [0.15, 0.2) is 0 Å². The van der Waals surface area contributed by atoms with Gasteiger partial charge in [-0.15, -0.1) is 0 Å². The zero-order chi connectivity index (χ0) is 26.8. The third-order valence-corrected chi connectivity index (χ3v) is 5.46. The molecule has 2 rings (SSSR count). The third kappa shape index (κ3) is 7.40. The van der Waals surface area contributed by atoms with Gasteiger partial charge in [0.2, 0.25) is 6.04 Å². The van der Waals surface area contributed by atoms with Gasteiger partial charge in [-0.2, -0.15) is 0 Å². The topological polar surface area (TPSA) is 131 Å². The molecule has 2 aromatic carbocycles. The SMILES string of the molecule is CCOC(=O)C(C(=O)OCC)N(C)CCN(C)c1cccc(C(=O)Nc2ccc(Cl)cc2)c1[N+](=O)[O-]. The summed E-state index contributed by atoms with van der Waals surface area (Å²) >= 11 is 5.86. The Morgan fingerprint density at radius 3 is 2.11 bits per heavy atom. The zero-order valence-electron chi connectivity index (χ0n) is 20.5. The Hall–Kier alpha value is -3.70. The number of benzene rings is 2. The van der Waals surface area contributed by atoms with Gasteiger partial charge < -0.3 is 19.7 Å². The van der Waals surface area contributed by atoms with E-state index in [1.54, 1.807) is 63.2 Å². The van der Waals surface area contributed by atoms with E-state index in [1.807, 2.05) is 0 Å². The van der Waals surface area contributed by atoms with Crippen molar-refractivity contribution >= 4 is 46.5 Å². The maximum Gasteiger partial charge on any atom is 0.335 e. The van der Waals surface area contributed by atoms with E-state index in [0.29, 0.717) is 10.7 Å². The summed E-state index contributed by atoms with van der Waals surface area (Å²) in [6, 6.07) is 9.50. The number of carbonyl (C=O) groups is 3. The largest absolute Gasteiger partial charge is 0.464 e. The van der Waals surface area contributed by atoms with Crippen molar-refractivity contribution in [1.29, 1.82) is 0 Å². The summed E-state index contributed by atoms with van der Waals surface area (Å²) in [5.41, 5.74) is 0.133. The first-order chi connectivity index (χ1) is 17.1. The lowest BCUT2D eigenvalue weighted by Crippen LogP contribution is -2.48. The molecule has 0 fully saturated rings. The molecule has 1 N–H and O–H groups in total. The van der Waals surface area contributed by atoms with Crippen LogP contribution in [0.1, 0.15) is 24.2 Å². The number of rotatable bonds is 12. The van der Waals surface area contributed by atoms with E-state index in [2.05, 4.69) is 5.32 Å². The van der Waals surface area contributed by atoms with Gasteiger partial charge in [-0.05, 0) is 57.3 Å². The van der Waals surface area contributed by atoms with Crippen LogP contribution in [0.25, 0.3) is 0 Å². The Balaban J connectivity index is 2.23. The van der Waals surface area contributed by atoms with Gasteiger partial charge in [-0.25, -0.2) is 9.59 Å². The van der Waals surface area contributed by atoms with Gasteiger partial charge >= 0.3 is 17.6 Å². The van der Waals surface area contributed by atoms with Gasteiger partial charge in [-0.3, -0.25) is 19.8 Å². The minimum absolute atomic E-state index is 0.0968. The monoisotopic (exact) mass is 520 g/mol. The van der Waals surface area contributed by atoms with Crippen molar-refractivity contribution < 1.29 is 28.8 Å². The number of nitro benzene ring substituents is 1. The number of hydrogen-bond donors (Lipinski definition) is 1. The summed E-state index contributed by atoms with van der Waals surface area (Å²) in [4.78, 5) is 51.9. The molecule has 0 unspecified atom stereocenters. The van der Waals surface area contributed by atoms with Gasteiger partial charge in [0.05, 0.1) is 18.1 Å². The number of carbonyl (C=O) groups excluding carboxylic acids is 3. The minimum Gasteiger partial charge on any atom is -0.464 e. The summed E-state index contributed by atoms with van der Waals surface area (Å²) < 4.78 is 9.99. The van der Waals surface area contributed by atoms with E-state index in [-0.39, 0.29) is 43.2 Å². The maximum absolute atomic E-state index is 12.8. The Labute approximate surface area is 214 Å². The number of halogens is 1. The molecule has 0 bridgehead atoms. The number of esters is 2. The molecule has 0 aromatic heterocycles. The fraction of sp³-hybridized carbons (Fsp3) is 0.375. The molecule has 12 heteroatoms. The first-order valence-electron chi connectivity index (χ1n) is 11.2. The zero-order valence-corrected chi connectivity index (χ0v) is 21.3. The molecule has 0 aliphatic heterocycles. The first-order valence-corrected chi connectivity index (χ1v) is 11.6. The number of amides is 1. The van der Waals surface area contributed by atoms with Crippen LogP contribution < -0.4 is 10.2 Å².